The Hall–Kier alpha value is -0.410. The van der Waals surface area contributed by atoms with Gasteiger partial charge in [-0.05, 0) is 26.3 Å². The number of carbonyl (C=O) groups excluding carboxylic acids is 1. The molecule has 3 nitrogen and oxygen atoms in total. The van der Waals surface area contributed by atoms with Crippen LogP contribution in [0.2, 0.25) is 0 Å². The molecule has 1 unspecified atom stereocenters. The smallest absolute Gasteiger partial charge is 0.146 e. The van der Waals surface area contributed by atoms with Crippen LogP contribution in [0.3, 0.4) is 0 Å². The molecule has 0 aromatic carbocycles. The number of β-amino-alcohol motifs (C(OH)–C–C–N with tert-alkyl or cyclic N) is 1. The highest BCUT2D eigenvalue weighted by atomic mass is 16.3. The summed E-state index contributed by atoms with van der Waals surface area (Å²) >= 11 is 0. The second-order valence-corrected chi connectivity index (χ2v) is 4.20. The lowest BCUT2D eigenvalue weighted by Crippen LogP contribution is -2.45. The number of nitrogens with zero attached hydrogens (tertiary/aromatic N) is 1. The first-order valence-corrected chi connectivity index (χ1v) is 5.00. The van der Waals surface area contributed by atoms with E-state index in [1.54, 1.807) is 0 Å². The number of piperidine rings is 1. The van der Waals surface area contributed by atoms with Crippen LogP contribution >= 0.6 is 0 Å². The lowest BCUT2D eigenvalue weighted by molar-refractivity contribution is -0.123. The fraction of sp³-hybridized carbons (Fsp3) is 0.900. The van der Waals surface area contributed by atoms with Gasteiger partial charge in [-0.25, -0.2) is 0 Å². The van der Waals surface area contributed by atoms with E-state index in [4.69, 9.17) is 0 Å². The van der Waals surface area contributed by atoms with Gasteiger partial charge in [0.2, 0.25) is 0 Å². The first kappa shape index (κ1) is 10.7. The van der Waals surface area contributed by atoms with Crippen molar-refractivity contribution in [3.63, 3.8) is 0 Å². The monoisotopic (exact) mass is 185 g/mol. The highest BCUT2D eigenvalue weighted by Gasteiger charge is 2.25. The number of hydrogen-bond acceptors (Lipinski definition) is 3. The summed E-state index contributed by atoms with van der Waals surface area (Å²) in [6.45, 7) is 5.88. The van der Waals surface area contributed by atoms with Crippen molar-refractivity contribution in [1.29, 1.82) is 0 Å². The van der Waals surface area contributed by atoms with Crippen LogP contribution in [0.1, 0.15) is 33.1 Å². The molecule has 13 heavy (non-hydrogen) atoms. The molecule has 1 atom stereocenters. The van der Waals surface area contributed by atoms with Gasteiger partial charge in [0.15, 0.2) is 0 Å². The van der Waals surface area contributed by atoms with Gasteiger partial charge >= 0.3 is 0 Å². The van der Waals surface area contributed by atoms with Crippen molar-refractivity contribution >= 4 is 5.78 Å². The normalized spacial score (nSPS) is 24.4. The number of carbonyl (C=O) groups is 1. The maximum Gasteiger partial charge on any atom is 0.146 e. The molecule has 0 bridgehead atoms. The fourth-order valence-electron chi connectivity index (χ4n) is 1.64. The topological polar surface area (TPSA) is 40.5 Å². The Bertz CT molecular complexity index is 189. The van der Waals surface area contributed by atoms with Crippen LogP contribution in [-0.2, 0) is 4.79 Å². The minimum absolute atomic E-state index is 0.304. The molecule has 1 rings (SSSR count). The van der Waals surface area contributed by atoms with Gasteiger partial charge in [0.05, 0.1) is 12.1 Å². The Balaban J connectivity index is 2.40. The molecule has 1 N–H and O–H groups in total. The Morgan fingerprint density at radius 2 is 2.31 bits per heavy atom. The summed E-state index contributed by atoms with van der Waals surface area (Å²) < 4.78 is 0. The van der Waals surface area contributed by atoms with Crippen LogP contribution in [0.15, 0.2) is 0 Å². The SMILES string of the molecule is CCC(C)(O)CN1CCCC(=O)C1. The molecular weight excluding hydrogens is 166 g/mol. The minimum atomic E-state index is -0.641. The molecule has 1 aliphatic heterocycles. The highest BCUT2D eigenvalue weighted by Crippen LogP contribution is 2.14. The summed E-state index contributed by atoms with van der Waals surface area (Å²) in [6, 6.07) is 0. The molecule has 0 aliphatic carbocycles. The summed E-state index contributed by atoms with van der Waals surface area (Å²) in [5, 5.41) is 9.81. The zero-order valence-corrected chi connectivity index (χ0v) is 8.55. The molecule has 1 heterocycles. The molecule has 76 valence electrons. The molecule has 1 aliphatic rings. The molecule has 1 fully saturated rings. The van der Waals surface area contributed by atoms with Crippen molar-refractivity contribution in [2.24, 2.45) is 0 Å². The number of hydrogen-bond donors (Lipinski definition) is 1. The van der Waals surface area contributed by atoms with Crippen molar-refractivity contribution in [2.45, 2.75) is 38.7 Å². The fourth-order valence-corrected chi connectivity index (χ4v) is 1.64. The number of rotatable bonds is 3. The zero-order valence-electron chi connectivity index (χ0n) is 8.55. The van der Waals surface area contributed by atoms with Gasteiger partial charge in [-0.15, -0.1) is 0 Å². The van der Waals surface area contributed by atoms with Gasteiger partial charge < -0.3 is 5.11 Å². The van der Waals surface area contributed by atoms with E-state index in [-0.39, 0.29) is 0 Å². The molecule has 1 saturated heterocycles. The van der Waals surface area contributed by atoms with Gasteiger partial charge in [0.25, 0.3) is 0 Å². The molecular formula is C10H19NO2. The van der Waals surface area contributed by atoms with E-state index in [1.807, 2.05) is 13.8 Å². The summed E-state index contributed by atoms with van der Waals surface area (Å²) in [7, 11) is 0. The quantitative estimate of drug-likeness (QED) is 0.707. The van der Waals surface area contributed by atoms with E-state index in [0.717, 1.165) is 19.4 Å². The van der Waals surface area contributed by atoms with E-state index < -0.39 is 5.60 Å². The first-order chi connectivity index (χ1) is 6.03. The molecule has 0 aromatic heterocycles. The standard InChI is InChI=1S/C10H19NO2/c1-3-10(2,13)8-11-6-4-5-9(12)7-11/h13H,3-8H2,1-2H3. The summed E-state index contributed by atoms with van der Waals surface area (Å²) in [4.78, 5) is 13.2. The predicted molar refractivity (Wildman–Crippen MR) is 51.6 cm³/mol. The van der Waals surface area contributed by atoms with E-state index in [1.165, 1.54) is 0 Å². The first-order valence-electron chi connectivity index (χ1n) is 5.00. The maximum atomic E-state index is 11.1. The van der Waals surface area contributed by atoms with E-state index >= 15 is 0 Å². The summed E-state index contributed by atoms with van der Waals surface area (Å²) in [6.07, 6.45) is 2.39. The molecule has 0 aromatic rings. The third-order valence-corrected chi connectivity index (χ3v) is 2.66. The van der Waals surface area contributed by atoms with Crippen LogP contribution in [0.5, 0.6) is 0 Å². The largest absolute Gasteiger partial charge is 0.389 e. The Morgan fingerprint density at radius 3 is 2.85 bits per heavy atom. The molecule has 0 saturated carbocycles. The average Bonchev–Trinajstić information content (AvgIpc) is 2.03. The molecule has 0 amide bonds. The van der Waals surface area contributed by atoms with Gasteiger partial charge in [-0.2, -0.15) is 0 Å². The molecule has 3 heteroatoms. The van der Waals surface area contributed by atoms with E-state index in [2.05, 4.69) is 4.90 Å². The van der Waals surface area contributed by atoms with Crippen LogP contribution in [0, 0.1) is 0 Å². The van der Waals surface area contributed by atoms with Crippen molar-refractivity contribution < 1.29 is 9.90 Å². The lowest BCUT2D eigenvalue weighted by Gasteiger charge is -2.32. The molecule has 0 radical (unpaired) electrons. The highest BCUT2D eigenvalue weighted by molar-refractivity contribution is 5.81. The summed E-state index contributed by atoms with van der Waals surface area (Å²) in [5.41, 5.74) is -0.641. The number of Topliss-reactive ketones (excluding diaryl/α,β-unsaturated/α-hetero) is 1. The van der Waals surface area contributed by atoms with Crippen LogP contribution in [0.25, 0.3) is 0 Å². The number of ketones is 1. The van der Waals surface area contributed by atoms with Crippen LogP contribution < -0.4 is 0 Å². The number of aliphatic hydroxyl groups is 1. The Morgan fingerprint density at radius 1 is 1.62 bits per heavy atom. The van der Waals surface area contributed by atoms with Gasteiger partial charge in [-0.3, -0.25) is 9.69 Å². The Labute approximate surface area is 79.7 Å². The van der Waals surface area contributed by atoms with Crippen LogP contribution in [0.4, 0.5) is 0 Å². The second-order valence-electron chi connectivity index (χ2n) is 4.20. The average molecular weight is 185 g/mol. The van der Waals surface area contributed by atoms with Crippen molar-refractivity contribution in [2.75, 3.05) is 19.6 Å². The lowest BCUT2D eigenvalue weighted by atomic mass is 10.0. The van der Waals surface area contributed by atoms with Crippen molar-refractivity contribution in [1.82, 2.24) is 4.90 Å². The maximum absolute atomic E-state index is 11.1. The third-order valence-electron chi connectivity index (χ3n) is 2.66. The third kappa shape index (κ3) is 3.44. The minimum Gasteiger partial charge on any atom is -0.389 e. The summed E-state index contributed by atoms with van der Waals surface area (Å²) in [5.74, 6) is 0.304. The van der Waals surface area contributed by atoms with E-state index in [9.17, 15) is 9.90 Å². The predicted octanol–water partition coefficient (Wildman–Crippen LogP) is 0.812. The molecule has 0 spiro atoms. The zero-order chi connectivity index (χ0) is 9.90. The second kappa shape index (κ2) is 4.20. The van der Waals surface area contributed by atoms with E-state index in [0.29, 0.717) is 25.3 Å². The van der Waals surface area contributed by atoms with Gasteiger partial charge in [0, 0.05) is 13.0 Å². The number of likely N-dealkylation sites (tertiary alicyclic amines) is 1. The van der Waals surface area contributed by atoms with Crippen molar-refractivity contribution in [3.8, 4) is 0 Å². The van der Waals surface area contributed by atoms with Crippen LogP contribution in [-0.4, -0.2) is 41.0 Å². The Kier molecular flexibility index (Phi) is 3.45. The van der Waals surface area contributed by atoms with Gasteiger partial charge in [-0.1, -0.05) is 6.92 Å². The van der Waals surface area contributed by atoms with Crippen molar-refractivity contribution in [3.05, 3.63) is 0 Å². The van der Waals surface area contributed by atoms with Gasteiger partial charge in [0.1, 0.15) is 5.78 Å².